The molecular formula is C18H18ClF3N4O5S3. The average Bonchev–Trinajstić information content (AvgIpc) is 3.39. The lowest BCUT2D eigenvalue weighted by molar-refractivity contribution is -0.178. The highest BCUT2D eigenvalue weighted by Crippen LogP contribution is 2.35. The third-order valence-corrected chi connectivity index (χ3v) is 6.43. The Morgan fingerprint density at radius 3 is 2.56 bits per heavy atom. The highest BCUT2D eigenvalue weighted by atomic mass is 35.5. The van der Waals surface area contributed by atoms with Gasteiger partial charge in [-0.25, -0.2) is 4.68 Å². The van der Waals surface area contributed by atoms with E-state index in [0.717, 1.165) is 23.5 Å². The monoisotopic (exact) mass is 558 g/mol. The Labute approximate surface area is 210 Å². The van der Waals surface area contributed by atoms with Crippen LogP contribution in [0.15, 0.2) is 39.5 Å². The summed E-state index contributed by atoms with van der Waals surface area (Å²) in [6.07, 6.45) is -6.10. The number of halogens is 4. The molecule has 0 amide bonds. The molecule has 0 aliphatic carbocycles. The number of rotatable bonds is 3. The predicted octanol–water partition coefficient (Wildman–Crippen LogP) is 2.25. The molecule has 2 aromatic heterocycles. The van der Waals surface area contributed by atoms with Gasteiger partial charge in [-0.15, -0.1) is 30.4 Å². The molecule has 4 N–H and O–H groups in total. The van der Waals surface area contributed by atoms with Crippen molar-refractivity contribution < 1.29 is 33.2 Å². The van der Waals surface area contributed by atoms with E-state index >= 15 is 0 Å². The number of aliphatic hydroxyl groups excluding tert-OH is 3. The van der Waals surface area contributed by atoms with E-state index in [0.29, 0.717) is 16.3 Å². The summed E-state index contributed by atoms with van der Waals surface area (Å²) in [5.74, 6) is 0. The molecule has 0 saturated carbocycles. The zero-order chi connectivity index (χ0) is 25.2. The number of nitrogens with zero attached hydrogens (tertiary/aromatic N) is 3. The Morgan fingerprint density at radius 2 is 2.00 bits per heavy atom. The van der Waals surface area contributed by atoms with E-state index in [1.165, 1.54) is 16.9 Å². The van der Waals surface area contributed by atoms with Gasteiger partial charge in [0, 0.05) is 10.3 Å². The fourth-order valence-corrected chi connectivity index (χ4v) is 4.55. The first kappa shape index (κ1) is 27.0. The molecule has 3 heterocycles. The van der Waals surface area contributed by atoms with Gasteiger partial charge in [-0.2, -0.15) is 13.2 Å². The smallest absolute Gasteiger partial charge is 0.394 e. The summed E-state index contributed by atoms with van der Waals surface area (Å²) >= 11 is 14.3. The Hall–Kier alpha value is -1.59. The summed E-state index contributed by atoms with van der Waals surface area (Å²) in [5.41, 5.74) is -0.806. The normalized spacial score (nSPS) is 25.0. The van der Waals surface area contributed by atoms with Gasteiger partial charge < -0.3 is 25.0 Å². The van der Waals surface area contributed by atoms with Crippen LogP contribution >= 0.6 is 48.2 Å². The summed E-state index contributed by atoms with van der Waals surface area (Å²) < 4.78 is 42.7. The second-order valence-electron chi connectivity index (χ2n) is 7.03. The van der Waals surface area contributed by atoms with Crippen molar-refractivity contribution in [1.82, 2.24) is 20.0 Å². The molecule has 9 nitrogen and oxygen atoms in total. The number of thiazole rings is 1. The lowest BCUT2D eigenvalue weighted by Gasteiger charge is -2.40. The molecule has 1 aromatic carbocycles. The molecule has 1 aliphatic heterocycles. The van der Waals surface area contributed by atoms with Gasteiger partial charge in [0.15, 0.2) is 0 Å². The minimum absolute atomic E-state index is 0.216. The van der Waals surface area contributed by atoms with Crippen LogP contribution in [0.4, 0.5) is 13.2 Å². The second kappa shape index (κ2) is 11.0. The topological polar surface area (TPSA) is 133 Å². The van der Waals surface area contributed by atoms with Crippen molar-refractivity contribution in [2.45, 2.75) is 40.9 Å². The van der Waals surface area contributed by atoms with Crippen LogP contribution in [0, 0.1) is 0 Å². The fraction of sp³-hybridized carbons (Fsp3) is 0.389. The maximum atomic E-state index is 12.1. The molecule has 0 spiro atoms. The first-order chi connectivity index (χ1) is 15.9. The number of ether oxygens (including phenoxy) is 1. The molecule has 0 unspecified atom stereocenters. The quantitative estimate of drug-likeness (QED) is 0.272. The molecule has 5 atom stereocenters. The Kier molecular flexibility index (Phi) is 8.73. The molecule has 34 heavy (non-hydrogen) atoms. The van der Waals surface area contributed by atoms with Crippen LogP contribution in [0.3, 0.4) is 0 Å². The van der Waals surface area contributed by atoms with Gasteiger partial charge in [-0.05, 0) is 18.2 Å². The van der Waals surface area contributed by atoms with E-state index in [9.17, 15) is 33.3 Å². The van der Waals surface area contributed by atoms with Crippen LogP contribution in [0.1, 0.15) is 11.6 Å². The highest BCUT2D eigenvalue weighted by Gasteiger charge is 2.44. The third kappa shape index (κ3) is 6.15. The van der Waals surface area contributed by atoms with E-state index in [4.69, 9.17) is 16.3 Å². The number of nitrogens with one attached hydrogen (secondary N) is 1. The number of thiol groups is 2. The number of aliphatic hydroxyl groups is 3. The Balaban J connectivity index is 0.000000229. The third-order valence-electron chi connectivity index (χ3n) is 4.74. The minimum atomic E-state index is -4.39. The van der Waals surface area contributed by atoms with Crippen LogP contribution in [-0.4, -0.2) is 65.7 Å². The van der Waals surface area contributed by atoms with Gasteiger partial charge in [0.25, 0.3) is 0 Å². The van der Waals surface area contributed by atoms with Crippen molar-refractivity contribution in [3.8, 4) is 11.4 Å². The SMILES string of the molecule is FC(F)(F)c1ccc(S)cc1Cl.O=c1[nH]c(-c2cn([C@@H]3[C@@H](O)[C@@H](S)O[C@H](CO)[C@@H]3O)nn2)cs1. The first-order valence-corrected chi connectivity index (χ1v) is 11.6. The highest BCUT2D eigenvalue weighted by molar-refractivity contribution is 7.80. The summed E-state index contributed by atoms with van der Waals surface area (Å²) in [7, 11) is 0. The summed E-state index contributed by atoms with van der Waals surface area (Å²) in [6.45, 7) is -0.416. The predicted molar refractivity (Wildman–Crippen MR) is 123 cm³/mol. The van der Waals surface area contributed by atoms with Gasteiger partial charge in [0.1, 0.15) is 35.5 Å². The Morgan fingerprint density at radius 1 is 1.29 bits per heavy atom. The van der Waals surface area contributed by atoms with Gasteiger partial charge in [-0.1, -0.05) is 28.2 Å². The fourth-order valence-electron chi connectivity index (χ4n) is 3.08. The van der Waals surface area contributed by atoms with Gasteiger partial charge in [0.05, 0.1) is 29.1 Å². The number of H-pyrrole nitrogens is 1. The van der Waals surface area contributed by atoms with Gasteiger partial charge in [-0.3, -0.25) is 4.79 Å². The van der Waals surface area contributed by atoms with E-state index in [2.05, 4.69) is 40.6 Å². The zero-order valence-corrected chi connectivity index (χ0v) is 20.2. The minimum Gasteiger partial charge on any atom is -0.394 e. The average molecular weight is 559 g/mol. The summed E-state index contributed by atoms with van der Waals surface area (Å²) in [6, 6.07) is 2.44. The van der Waals surface area contributed by atoms with Crippen LogP contribution in [0.25, 0.3) is 11.4 Å². The molecule has 4 rings (SSSR count). The van der Waals surface area contributed by atoms with Crippen molar-refractivity contribution in [3.05, 3.63) is 50.0 Å². The first-order valence-electron chi connectivity index (χ1n) is 9.38. The van der Waals surface area contributed by atoms with Gasteiger partial charge in [0.2, 0.25) is 0 Å². The maximum Gasteiger partial charge on any atom is 0.417 e. The van der Waals surface area contributed by atoms with Crippen molar-refractivity contribution >= 4 is 48.2 Å². The lowest BCUT2D eigenvalue weighted by atomic mass is 9.97. The van der Waals surface area contributed by atoms with Crippen LogP contribution < -0.4 is 4.87 Å². The molecule has 0 radical (unpaired) electrons. The van der Waals surface area contributed by atoms with Crippen molar-refractivity contribution in [1.29, 1.82) is 0 Å². The molecule has 0 bridgehead atoms. The van der Waals surface area contributed by atoms with Gasteiger partial charge >= 0.3 is 11.0 Å². The molecule has 16 heteroatoms. The molecule has 186 valence electrons. The molecule has 3 aromatic rings. The number of alkyl halides is 3. The number of aromatic amines is 1. The lowest BCUT2D eigenvalue weighted by Crippen LogP contribution is -2.54. The molecule has 1 fully saturated rings. The second-order valence-corrected chi connectivity index (χ2v) is 9.30. The zero-order valence-electron chi connectivity index (χ0n) is 16.8. The van der Waals surface area contributed by atoms with Crippen molar-refractivity contribution in [2.24, 2.45) is 0 Å². The molecule has 1 saturated heterocycles. The Bertz CT molecular complexity index is 1170. The summed E-state index contributed by atoms with van der Waals surface area (Å²) in [5, 5.41) is 38.7. The molecule has 1 aliphatic rings. The van der Waals surface area contributed by atoms with E-state index in [1.54, 1.807) is 5.38 Å². The van der Waals surface area contributed by atoms with Crippen LogP contribution in [0.2, 0.25) is 5.02 Å². The van der Waals surface area contributed by atoms with Crippen LogP contribution in [-0.2, 0) is 10.9 Å². The largest absolute Gasteiger partial charge is 0.417 e. The maximum absolute atomic E-state index is 12.1. The molecular weight excluding hydrogens is 541 g/mol. The van der Waals surface area contributed by atoms with Crippen molar-refractivity contribution in [2.75, 3.05) is 6.61 Å². The number of benzene rings is 1. The van der Waals surface area contributed by atoms with E-state index < -0.39 is 48.1 Å². The van der Waals surface area contributed by atoms with Crippen LogP contribution in [0.5, 0.6) is 0 Å². The number of hydrogen-bond acceptors (Lipinski definition) is 10. The number of aromatic nitrogens is 4. The summed E-state index contributed by atoms with van der Waals surface area (Å²) in [4.78, 5) is 14.0. The number of hydrogen-bond donors (Lipinski definition) is 6. The standard InChI is InChI=1S/C11H14N4O5S2.C7H4ClF3S/c16-2-6-8(17)7(9(18)10(21)20-6)15-1-4(13-14-15)5-3-22-11(19)12-5;8-6-3-4(12)1-2-5(6)7(9,10)11/h1,3,6-10,16-18,21H,2H2,(H,12,19);1-3,12H/t6-,7+,8+,9-,10-;/m1./s1. The van der Waals surface area contributed by atoms with E-state index in [1.807, 2.05) is 0 Å². The van der Waals surface area contributed by atoms with E-state index in [-0.39, 0.29) is 9.90 Å². The van der Waals surface area contributed by atoms with Crippen molar-refractivity contribution in [3.63, 3.8) is 0 Å².